The van der Waals surface area contributed by atoms with E-state index < -0.39 is 0 Å². The molecule has 0 aliphatic heterocycles. The highest BCUT2D eigenvalue weighted by Crippen LogP contribution is 2.26. The second-order valence-electron chi connectivity index (χ2n) is 5.32. The van der Waals surface area contributed by atoms with Crippen molar-refractivity contribution in [1.29, 1.82) is 0 Å². The average Bonchev–Trinajstić information content (AvgIpc) is 2.42. The van der Waals surface area contributed by atoms with E-state index in [1.54, 1.807) is 0 Å². The lowest BCUT2D eigenvalue weighted by atomic mass is 9.94. The SMILES string of the molecule is CCCCCCCCCC(CCl)c1cccc(Br)c1. The fraction of sp³-hybridized carbons (Fsp3) is 0.647. The van der Waals surface area contributed by atoms with Crippen LogP contribution in [0.3, 0.4) is 0 Å². The molecule has 1 aromatic rings. The van der Waals surface area contributed by atoms with Crippen molar-refractivity contribution >= 4 is 27.5 Å². The minimum absolute atomic E-state index is 0.509. The zero-order valence-electron chi connectivity index (χ0n) is 12.0. The molecular weight excluding hydrogens is 320 g/mol. The van der Waals surface area contributed by atoms with Crippen molar-refractivity contribution in [3.63, 3.8) is 0 Å². The van der Waals surface area contributed by atoms with Gasteiger partial charge in [0.1, 0.15) is 0 Å². The first kappa shape index (κ1) is 17.0. The third-order valence-corrected chi connectivity index (χ3v) is 4.53. The van der Waals surface area contributed by atoms with Crippen molar-refractivity contribution < 1.29 is 0 Å². The maximum Gasteiger partial charge on any atom is 0.0292 e. The molecule has 0 fully saturated rings. The highest BCUT2D eigenvalue weighted by molar-refractivity contribution is 9.10. The van der Waals surface area contributed by atoms with E-state index in [2.05, 4.69) is 47.1 Å². The topological polar surface area (TPSA) is 0 Å². The van der Waals surface area contributed by atoms with Gasteiger partial charge in [0.25, 0.3) is 0 Å². The second kappa shape index (κ2) is 10.7. The van der Waals surface area contributed by atoms with Gasteiger partial charge in [-0.05, 0) is 30.0 Å². The lowest BCUT2D eigenvalue weighted by Crippen LogP contribution is -2.00. The average molecular weight is 346 g/mol. The van der Waals surface area contributed by atoms with Gasteiger partial charge in [-0.25, -0.2) is 0 Å². The van der Waals surface area contributed by atoms with Gasteiger partial charge < -0.3 is 0 Å². The predicted octanol–water partition coefficient (Wildman–Crippen LogP) is 6.91. The van der Waals surface area contributed by atoms with Crippen LogP contribution in [0.4, 0.5) is 0 Å². The van der Waals surface area contributed by atoms with Crippen LogP contribution in [-0.2, 0) is 0 Å². The molecule has 2 heteroatoms. The Hall–Kier alpha value is -0.0100. The van der Waals surface area contributed by atoms with Crippen molar-refractivity contribution in [3.8, 4) is 0 Å². The number of hydrogen-bond donors (Lipinski definition) is 0. The van der Waals surface area contributed by atoms with Gasteiger partial charge in [0.2, 0.25) is 0 Å². The summed E-state index contributed by atoms with van der Waals surface area (Å²) in [5, 5.41) is 0. The highest BCUT2D eigenvalue weighted by atomic mass is 79.9. The molecule has 0 aliphatic rings. The van der Waals surface area contributed by atoms with Crippen LogP contribution in [0.15, 0.2) is 28.7 Å². The molecule has 1 aromatic carbocycles. The van der Waals surface area contributed by atoms with E-state index in [1.807, 2.05) is 0 Å². The Morgan fingerprint density at radius 1 is 1.05 bits per heavy atom. The van der Waals surface area contributed by atoms with Crippen molar-refractivity contribution in [2.45, 2.75) is 64.2 Å². The molecule has 1 unspecified atom stereocenters. The van der Waals surface area contributed by atoms with Crippen molar-refractivity contribution in [1.82, 2.24) is 0 Å². The third-order valence-electron chi connectivity index (χ3n) is 3.66. The van der Waals surface area contributed by atoms with Gasteiger partial charge in [0, 0.05) is 10.4 Å². The van der Waals surface area contributed by atoms with Crippen LogP contribution >= 0.6 is 27.5 Å². The number of unbranched alkanes of at least 4 members (excludes halogenated alkanes) is 6. The Morgan fingerprint density at radius 2 is 1.74 bits per heavy atom. The molecule has 0 saturated carbocycles. The molecule has 0 bridgehead atoms. The van der Waals surface area contributed by atoms with Crippen LogP contribution in [0.1, 0.15) is 69.8 Å². The first-order chi connectivity index (χ1) is 9.27. The Labute approximate surface area is 132 Å². The first-order valence-corrected chi connectivity index (χ1v) is 8.92. The molecule has 0 N–H and O–H groups in total. The number of hydrogen-bond acceptors (Lipinski definition) is 0. The number of alkyl halides is 1. The molecule has 0 heterocycles. The smallest absolute Gasteiger partial charge is 0.0292 e. The molecule has 0 aliphatic carbocycles. The monoisotopic (exact) mass is 344 g/mol. The summed E-state index contributed by atoms with van der Waals surface area (Å²) in [6.07, 6.45) is 10.8. The molecule has 0 nitrogen and oxygen atoms in total. The lowest BCUT2D eigenvalue weighted by Gasteiger charge is -2.14. The van der Waals surface area contributed by atoms with Crippen molar-refractivity contribution in [2.24, 2.45) is 0 Å². The van der Waals surface area contributed by atoms with Gasteiger partial charge in [0.15, 0.2) is 0 Å². The zero-order chi connectivity index (χ0) is 13.9. The van der Waals surface area contributed by atoms with Crippen molar-refractivity contribution in [2.75, 3.05) is 5.88 Å². The van der Waals surface area contributed by atoms with Crippen LogP contribution in [0.2, 0.25) is 0 Å². The summed E-state index contributed by atoms with van der Waals surface area (Å²) in [6, 6.07) is 8.57. The van der Waals surface area contributed by atoms with Crippen LogP contribution in [0.5, 0.6) is 0 Å². The highest BCUT2D eigenvalue weighted by Gasteiger charge is 2.10. The Bertz CT molecular complexity index is 338. The van der Waals surface area contributed by atoms with Crippen LogP contribution in [-0.4, -0.2) is 5.88 Å². The first-order valence-electron chi connectivity index (χ1n) is 7.59. The molecule has 1 rings (SSSR count). The van der Waals surface area contributed by atoms with E-state index >= 15 is 0 Å². The van der Waals surface area contributed by atoms with Crippen LogP contribution in [0, 0.1) is 0 Å². The molecule has 0 amide bonds. The summed E-state index contributed by atoms with van der Waals surface area (Å²) in [5.74, 6) is 1.24. The lowest BCUT2D eigenvalue weighted by molar-refractivity contribution is 0.551. The summed E-state index contributed by atoms with van der Waals surface area (Å²) in [5.41, 5.74) is 1.37. The van der Waals surface area contributed by atoms with E-state index in [4.69, 9.17) is 11.6 Å². The standard InChI is InChI=1S/C17H26BrCl/c1-2-3-4-5-6-7-8-10-16(14-19)15-11-9-12-17(18)13-15/h9,11-13,16H,2-8,10,14H2,1H3. The van der Waals surface area contributed by atoms with E-state index in [9.17, 15) is 0 Å². The molecule has 0 radical (unpaired) electrons. The molecular formula is C17H26BrCl. The predicted molar refractivity (Wildman–Crippen MR) is 90.2 cm³/mol. The molecule has 0 saturated heterocycles. The summed E-state index contributed by atoms with van der Waals surface area (Å²) in [4.78, 5) is 0. The summed E-state index contributed by atoms with van der Waals surface area (Å²) >= 11 is 9.65. The minimum Gasteiger partial charge on any atom is -0.126 e. The second-order valence-corrected chi connectivity index (χ2v) is 6.54. The van der Waals surface area contributed by atoms with E-state index in [0.717, 1.165) is 10.4 Å². The molecule has 1 atom stereocenters. The fourth-order valence-electron chi connectivity index (χ4n) is 2.44. The van der Waals surface area contributed by atoms with Gasteiger partial charge in [-0.2, -0.15) is 0 Å². The fourth-order valence-corrected chi connectivity index (χ4v) is 3.19. The third kappa shape index (κ3) is 7.37. The van der Waals surface area contributed by atoms with Gasteiger partial charge >= 0.3 is 0 Å². The quantitative estimate of drug-likeness (QED) is 0.319. The van der Waals surface area contributed by atoms with Gasteiger partial charge in [0.05, 0.1) is 0 Å². The Balaban J connectivity index is 2.22. The summed E-state index contributed by atoms with van der Waals surface area (Å²) in [6.45, 7) is 2.27. The Kier molecular flexibility index (Phi) is 9.63. The Morgan fingerprint density at radius 3 is 2.37 bits per heavy atom. The van der Waals surface area contributed by atoms with E-state index in [0.29, 0.717) is 5.92 Å². The maximum atomic E-state index is 6.12. The van der Waals surface area contributed by atoms with E-state index in [-0.39, 0.29) is 0 Å². The minimum atomic E-state index is 0.509. The number of rotatable bonds is 10. The largest absolute Gasteiger partial charge is 0.126 e. The van der Waals surface area contributed by atoms with E-state index in [1.165, 1.54) is 56.9 Å². The normalized spacial score (nSPS) is 12.6. The van der Waals surface area contributed by atoms with Crippen molar-refractivity contribution in [3.05, 3.63) is 34.3 Å². The molecule has 19 heavy (non-hydrogen) atoms. The number of benzene rings is 1. The van der Waals surface area contributed by atoms with Gasteiger partial charge in [-0.3, -0.25) is 0 Å². The molecule has 0 aromatic heterocycles. The molecule has 108 valence electrons. The molecule has 0 spiro atoms. The summed E-state index contributed by atoms with van der Waals surface area (Å²) < 4.78 is 1.15. The maximum absolute atomic E-state index is 6.12. The summed E-state index contributed by atoms with van der Waals surface area (Å²) in [7, 11) is 0. The number of halogens is 2. The van der Waals surface area contributed by atoms with Crippen LogP contribution in [0.25, 0.3) is 0 Å². The van der Waals surface area contributed by atoms with Gasteiger partial charge in [-0.15, -0.1) is 11.6 Å². The zero-order valence-corrected chi connectivity index (χ0v) is 14.3. The van der Waals surface area contributed by atoms with Gasteiger partial charge in [-0.1, -0.05) is 79.9 Å². The van der Waals surface area contributed by atoms with Crippen LogP contribution < -0.4 is 0 Å².